The topological polar surface area (TPSA) is 163 Å². The zero-order valence-electron chi connectivity index (χ0n) is 14.7. The normalized spacial score (nSPS) is 14.9. The highest BCUT2D eigenvalue weighted by atomic mass is 16.4. The Kier molecular flexibility index (Phi) is 7.72. The summed E-state index contributed by atoms with van der Waals surface area (Å²) in [5.41, 5.74) is 10.3. The van der Waals surface area contributed by atoms with Crippen molar-refractivity contribution in [1.82, 2.24) is 10.9 Å². The van der Waals surface area contributed by atoms with Crippen LogP contribution in [0.2, 0.25) is 0 Å². The number of benzene rings is 2. The van der Waals surface area contributed by atoms with Crippen LogP contribution in [0, 0.1) is 0 Å². The Morgan fingerprint density at radius 3 is 1.25 bits per heavy atom. The van der Waals surface area contributed by atoms with Gasteiger partial charge in [0.1, 0.15) is 12.2 Å². The number of rotatable bonds is 9. The number of aliphatic hydroxyl groups excluding tert-OH is 4. The molecule has 2 aromatic rings. The Morgan fingerprint density at radius 1 is 0.607 bits per heavy atom. The summed E-state index contributed by atoms with van der Waals surface area (Å²) in [6, 6.07) is 16.9. The van der Waals surface area contributed by atoms with E-state index in [1.165, 1.54) is 0 Å². The first-order chi connectivity index (χ1) is 13.4. The summed E-state index contributed by atoms with van der Waals surface area (Å²) in [5, 5.41) is 39.5. The second kappa shape index (κ2) is 10.2. The molecule has 28 heavy (non-hydrogen) atoms. The lowest BCUT2D eigenvalue weighted by Gasteiger charge is -2.25. The summed E-state index contributed by atoms with van der Waals surface area (Å²) in [6.07, 6.45) is -8.43. The summed E-state index contributed by atoms with van der Waals surface area (Å²) in [6.45, 7) is 0. The van der Waals surface area contributed by atoms with Crippen LogP contribution < -0.4 is 21.7 Å². The number of hydrogen-bond acceptors (Lipinski definition) is 8. The molecule has 0 aliphatic carbocycles. The summed E-state index contributed by atoms with van der Waals surface area (Å²) in [5.74, 6) is -2.13. The number of hydrogen-bond donors (Lipinski definition) is 8. The Morgan fingerprint density at radius 2 is 0.929 bits per heavy atom. The molecule has 0 aromatic heterocycles. The van der Waals surface area contributed by atoms with Crippen molar-refractivity contribution < 1.29 is 30.0 Å². The molecule has 2 amide bonds. The van der Waals surface area contributed by atoms with Gasteiger partial charge in [0, 0.05) is 0 Å². The van der Waals surface area contributed by atoms with Gasteiger partial charge in [0.2, 0.25) is 0 Å². The second-order valence-corrected chi connectivity index (χ2v) is 5.83. The van der Waals surface area contributed by atoms with Crippen molar-refractivity contribution in [3.05, 3.63) is 60.7 Å². The number of hydrazine groups is 2. The minimum atomic E-state index is -2.12. The molecular formula is C18H22N4O6. The minimum absolute atomic E-state index is 0.518. The van der Waals surface area contributed by atoms with E-state index < -0.39 is 36.2 Å². The van der Waals surface area contributed by atoms with Crippen molar-refractivity contribution in [2.75, 3.05) is 10.9 Å². The molecule has 10 heteroatoms. The Balaban J connectivity index is 1.83. The third-order valence-corrected chi connectivity index (χ3v) is 3.74. The van der Waals surface area contributed by atoms with Crippen molar-refractivity contribution in [3.8, 4) is 0 Å². The van der Waals surface area contributed by atoms with Gasteiger partial charge in [-0.05, 0) is 24.3 Å². The standard InChI is InChI=1S/C18H22N4O6/c23-13(15(25)17(27)21-19-11-7-3-1-4-8-11)14(24)16(26)18(28)22-20-12-9-5-2-6-10-12/h1-10,13-16,19-20,23-26H,(H,21,27)(H,22,28)/t13-,14-,15-,16+/m0/s1. The lowest BCUT2D eigenvalue weighted by molar-refractivity contribution is -0.154. The van der Waals surface area contributed by atoms with Gasteiger partial charge in [-0.3, -0.25) is 31.3 Å². The maximum atomic E-state index is 11.9. The highest BCUT2D eigenvalue weighted by molar-refractivity contribution is 5.84. The fraction of sp³-hybridized carbons (Fsp3) is 0.222. The third kappa shape index (κ3) is 5.93. The largest absolute Gasteiger partial charge is 0.387 e. The number of nitrogens with one attached hydrogen (secondary N) is 4. The maximum absolute atomic E-state index is 11.9. The highest BCUT2D eigenvalue weighted by Gasteiger charge is 2.37. The minimum Gasteiger partial charge on any atom is -0.387 e. The zero-order valence-corrected chi connectivity index (χ0v) is 14.7. The van der Waals surface area contributed by atoms with E-state index in [0.717, 1.165) is 0 Å². The van der Waals surface area contributed by atoms with E-state index in [2.05, 4.69) is 21.7 Å². The van der Waals surface area contributed by atoms with Gasteiger partial charge in [-0.2, -0.15) is 0 Å². The van der Waals surface area contributed by atoms with Gasteiger partial charge in [0.25, 0.3) is 11.8 Å². The number of carbonyl (C=O) groups excluding carboxylic acids is 2. The highest BCUT2D eigenvalue weighted by Crippen LogP contribution is 2.08. The molecule has 0 saturated carbocycles. The van der Waals surface area contributed by atoms with Crippen molar-refractivity contribution >= 4 is 23.2 Å². The number of amides is 2. The molecule has 2 rings (SSSR count). The predicted octanol–water partition coefficient (Wildman–Crippen LogP) is -1.28. The number of carbonyl (C=O) groups is 2. The molecule has 0 unspecified atom stereocenters. The maximum Gasteiger partial charge on any atom is 0.269 e. The van der Waals surface area contributed by atoms with Gasteiger partial charge in [-0.15, -0.1) is 0 Å². The fourth-order valence-electron chi connectivity index (χ4n) is 2.14. The van der Waals surface area contributed by atoms with Crippen molar-refractivity contribution in [2.45, 2.75) is 24.4 Å². The molecule has 8 N–H and O–H groups in total. The average molecular weight is 390 g/mol. The monoisotopic (exact) mass is 390 g/mol. The van der Waals surface area contributed by atoms with Crippen molar-refractivity contribution in [3.63, 3.8) is 0 Å². The van der Waals surface area contributed by atoms with E-state index in [1.54, 1.807) is 60.7 Å². The zero-order chi connectivity index (χ0) is 20.5. The van der Waals surface area contributed by atoms with Crippen LogP contribution in [0.15, 0.2) is 60.7 Å². The van der Waals surface area contributed by atoms with Gasteiger partial charge >= 0.3 is 0 Å². The molecular weight excluding hydrogens is 368 g/mol. The van der Waals surface area contributed by atoms with Gasteiger partial charge in [0.05, 0.1) is 11.4 Å². The van der Waals surface area contributed by atoms with E-state index >= 15 is 0 Å². The van der Waals surface area contributed by atoms with Gasteiger partial charge in [-0.25, -0.2) is 0 Å². The van der Waals surface area contributed by atoms with Crippen LogP contribution in [-0.4, -0.2) is 56.7 Å². The van der Waals surface area contributed by atoms with Crippen molar-refractivity contribution in [1.29, 1.82) is 0 Å². The number of anilines is 2. The van der Waals surface area contributed by atoms with Crippen LogP contribution in [0.4, 0.5) is 11.4 Å². The summed E-state index contributed by atoms with van der Waals surface area (Å²) in [7, 11) is 0. The SMILES string of the molecule is O=C(NNc1ccccc1)[C@@H](O)[C@@H](O)[C@H](O)[C@@H](O)C(=O)NNc1ccccc1. The molecule has 10 nitrogen and oxygen atoms in total. The molecule has 2 aromatic carbocycles. The first kappa shape index (κ1) is 21.1. The van der Waals surface area contributed by atoms with Gasteiger partial charge in [-0.1, -0.05) is 36.4 Å². The average Bonchev–Trinajstić information content (AvgIpc) is 2.75. The number of para-hydroxylation sites is 2. The molecule has 0 aliphatic heterocycles. The van der Waals surface area contributed by atoms with E-state index in [0.29, 0.717) is 11.4 Å². The van der Waals surface area contributed by atoms with Gasteiger partial charge in [0.15, 0.2) is 12.2 Å². The fourth-order valence-corrected chi connectivity index (χ4v) is 2.14. The molecule has 0 fully saturated rings. The smallest absolute Gasteiger partial charge is 0.269 e. The Labute approximate surface area is 160 Å². The number of aliphatic hydroxyl groups is 4. The van der Waals surface area contributed by atoms with Crippen LogP contribution in [-0.2, 0) is 9.59 Å². The summed E-state index contributed by atoms with van der Waals surface area (Å²) >= 11 is 0. The van der Waals surface area contributed by atoms with E-state index in [9.17, 15) is 30.0 Å². The van der Waals surface area contributed by atoms with Gasteiger partial charge < -0.3 is 20.4 Å². The van der Waals surface area contributed by atoms with E-state index in [-0.39, 0.29) is 0 Å². The van der Waals surface area contributed by atoms with E-state index in [1.807, 2.05) is 0 Å². The molecule has 0 aliphatic rings. The van der Waals surface area contributed by atoms with Crippen LogP contribution in [0.5, 0.6) is 0 Å². The first-order valence-corrected chi connectivity index (χ1v) is 8.34. The first-order valence-electron chi connectivity index (χ1n) is 8.34. The predicted molar refractivity (Wildman–Crippen MR) is 100 cm³/mol. The molecule has 4 atom stereocenters. The molecule has 0 spiro atoms. The molecule has 0 radical (unpaired) electrons. The summed E-state index contributed by atoms with van der Waals surface area (Å²) in [4.78, 5) is 23.8. The quantitative estimate of drug-likeness (QED) is 0.245. The lowest BCUT2D eigenvalue weighted by atomic mass is 10.0. The van der Waals surface area contributed by atoms with Crippen molar-refractivity contribution in [2.24, 2.45) is 0 Å². The Bertz CT molecular complexity index is 696. The molecule has 150 valence electrons. The summed E-state index contributed by atoms with van der Waals surface area (Å²) < 4.78 is 0. The van der Waals surface area contributed by atoms with Crippen LogP contribution in [0.1, 0.15) is 0 Å². The molecule has 0 bridgehead atoms. The van der Waals surface area contributed by atoms with Crippen LogP contribution >= 0.6 is 0 Å². The molecule has 0 saturated heterocycles. The van der Waals surface area contributed by atoms with Crippen LogP contribution in [0.25, 0.3) is 0 Å². The molecule has 0 heterocycles. The lowest BCUT2D eigenvalue weighted by Crippen LogP contribution is -2.55. The third-order valence-electron chi connectivity index (χ3n) is 3.74. The van der Waals surface area contributed by atoms with Crippen LogP contribution in [0.3, 0.4) is 0 Å². The van der Waals surface area contributed by atoms with E-state index in [4.69, 9.17) is 0 Å². The second-order valence-electron chi connectivity index (χ2n) is 5.83. The Hall–Kier alpha value is -3.18.